The van der Waals surface area contributed by atoms with Gasteiger partial charge in [-0.05, 0) is 32.2 Å². The highest BCUT2D eigenvalue weighted by atomic mass is 31.2. The largest absolute Gasteiger partial charge is 0.287 e. The van der Waals surface area contributed by atoms with Crippen LogP contribution >= 0.6 is 7.04 Å². The van der Waals surface area contributed by atoms with Crippen molar-refractivity contribution in [2.24, 2.45) is 0 Å². The average molecular weight is 159 g/mol. The lowest BCUT2D eigenvalue weighted by Crippen LogP contribution is -2.24. The van der Waals surface area contributed by atoms with Crippen LogP contribution in [-0.4, -0.2) is 36.9 Å². The molecule has 1 rings (SSSR count). The monoisotopic (exact) mass is 159 g/mol. The summed E-state index contributed by atoms with van der Waals surface area (Å²) in [5, 5.41) is 0. The van der Waals surface area contributed by atoms with E-state index in [2.05, 4.69) is 24.9 Å². The summed E-state index contributed by atoms with van der Waals surface area (Å²) < 4.78 is 2.51. The summed E-state index contributed by atoms with van der Waals surface area (Å²) in [6.45, 7) is 3.56. The number of hydrogen-bond acceptors (Lipinski definition) is 1. The molecule has 0 amide bonds. The number of rotatable bonds is 1. The third-order valence-electron chi connectivity index (χ3n) is 2.62. The second kappa shape index (κ2) is 3.11. The van der Waals surface area contributed by atoms with Crippen molar-refractivity contribution in [1.29, 1.82) is 0 Å². The Morgan fingerprint density at radius 1 is 1.50 bits per heavy atom. The second-order valence-corrected chi connectivity index (χ2v) is 7.18. The maximum absolute atomic E-state index is 4.37. The predicted octanol–water partition coefficient (Wildman–Crippen LogP) is 2.10. The lowest BCUT2D eigenvalue weighted by atomic mass is 10.3. The highest BCUT2D eigenvalue weighted by molar-refractivity contribution is 7.71. The van der Waals surface area contributed by atoms with Crippen LogP contribution in [-0.2, 0) is 0 Å². The Balaban J connectivity index is 2.63. The third kappa shape index (κ3) is 1.46. The van der Waals surface area contributed by atoms with Crippen molar-refractivity contribution in [3.63, 3.8) is 0 Å². The molecule has 1 heterocycles. The Hall–Kier alpha value is 0.260. The van der Waals surface area contributed by atoms with Crippen LogP contribution in [0.4, 0.5) is 0 Å². The molecule has 0 saturated carbocycles. The van der Waals surface area contributed by atoms with E-state index in [-0.39, 0.29) is 0 Å². The van der Waals surface area contributed by atoms with Crippen molar-refractivity contribution < 1.29 is 0 Å². The van der Waals surface area contributed by atoms with Gasteiger partial charge in [-0.1, -0.05) is 20.3 Å². The maximum atomic E-state index is 4.37. The minimum absolute atomic E-state index is 0.852. The highest BCUT2D eigenvalue weighted by Gasteiger charge is 2.20. The van der Waals surface area contributed by atoms with Gasteiger partial charge in [0.25, 0.3) is 0 Å². The van der Waals surface area contributed by atoms with E-state index in [0.717, 1.165) is 0 Å². The standard InChI is InChI=1S/C8H18NP/c1-4-10(3)8-6-5-7-9(10)2/h3-8H2,1-2H3. The second-order valence-electron chi connectivity index (χ2n) is 3.22. The highest BCUT2D eigenvalue weighted by Crippen LogP contribution is 2.50. The minimum Gasteiger partial charge on any atom is -0.287 e. The topological polar surface area (TPSA) is 3.24 Å². The van der Waals surface area contributed by atoms with Gasteiger partial charge in [-0.2, -0.15) is 0 Å². The van der Waals surface area contributed by atoms with Gasteiger partial charge < -0.3 is 0 Å². The molecule has 1 atom stereocenters. The molecule has 0 aliphatic carbocycles. The van der Waals surface area contributed by atoms with E-state index in [1.54, 1.807) is 0 Å². The molecule has 10 heavy (non-hydrogen) atoms. The van der Waals surface area contributed by atoms with Crippen LogP contribution in [0.3, 0.4) is 0 Å². The van der Waals surface area contributed by atoms with Gasteiger partial charge in [0.1, 0.15) is 0 Å². The van der Waals surface area contributed by atoms with Crippen LogP contribution < -0.4 is 0 Å². The summed E-state index contributed by atoms with van der Waals surface area (Å²) in [4.78, 5) is 0. The van der Waals surface area contributed by atoms with E-state index in [1.165, 1.54) is 31.7 Å². The van der Waals surface area contributed by atoms with Gasteiger partial charge in [0, 0.05) is 6.54 Å². The lowest BCUT2D eigenvalue weighted by molar-refractivity contribution is 0.493. The van der Waals surface area contributed by atoms with Crippen LogP contribution in [0.5, 0.6) is 0 Å². The van der Waals surface area contributed by atoms with E-state index in [9.17, 15) is 0 Å². The van der Waals surface area contributed by atoms with Gasteiger partial charge in [0.15, 0.2) is 0 Å². The van der Waals surface area contributed by atoms with Gasteiger partial charge in [-0.25, -0.2) is 0 Å². The van der Waals surface area contributed by atoms with Crippen molar-refractivity contribution in [1.82, 2.24) is 4.67 Å². The first-order valence-corrected chi connectivity index (χ1v) is 6.42. The molecule has 1 saturated heterocycles. The first kappa shape index (κ1) is 8.36. The van der Waals surface area contributed by atoms with Gasteiger partial charge in [-0.3, -0.25) is 4.67 Å². The summed E-state index contributed by atoms with van der Waals surface area (Å²) in [5.41, 5.74) is 0. The molecular weight excluding hydrogens is 141 g/mol. The summed E-state index contributed by atoms with van der Waals surface area (Å²) in [6.07, 6.45) is 9.84. The number of hydrogen-bond donors (Lipinski definition) is 0. The third-order valence-corrected chi connectivity index (χ3v) is 6.59. The molecular formula is C8H18NP. The molecule has 0 aromatic rings. The van der Waals surface area contributed by atoms with Gasteiger partial charge in [0.2, 0.25) is 0 Å². The van der Waals surface area contributed by atoms with Crippen molar-refractivity contribution in [3.8, 4) is 0 Å². The lowest BCUT2D eigenvalue weighted by Gasteiger charge is -2.37. The minimum atomic E-state index is -0.852. The molecule has 1 unspecified atom stereocenters. The summed E-state index contributed by atoms with van der Waals surface area (Å²) >= 11 is 0. The zero-order valence-corrected chi connectivity index (χ0v) is 8.03. The smallest absolute Gasteiger partial charge is 0.00171 e. The number of nitrogens with zero attached hydrogens (tertiary/aromatic N) is 1. The van der Waals surface area contributed by atoms with E-state index in [0.29, 0.717) is 0 Å². The Morgan fingerprint density at radius 3 is 2.60 bits per heavy atom. The van der Waals surface area contributed by atoms with Crippen molar-refractivity contribution in [2.75, 3.05) is 25.9 Å². The fourth-order valence-corrected chi connectivity index (χ4v) is 4.05. The summed E-state index contributed by atoms with van der Waals surface area (Å²) in [7, 11) is 1.39. The van der Waals surface area contributed by atoms with E-state index in [1.807, 2.05) is 0 Å². The van der Waals surface area contributed by atoms with Crippen molar-refractivity contribution >= 4 is 13.3 Å². The fraction of sp³-hybridized carbons (Fsp3) is 0.875. The van der Waals surface area contributed by atoms with E-state index < -0.39 is 7.04 Å². The molecule has 0 radical (unpaired) electrons. The van der Waals surface area contributed by atoms with E-state index in [4.69, 9.17) is 0 Å². The molecule has 2 heteroatoms. The zero-order chi connectivity index (χ0) is 7.61. The Labute approximate surface area is 64.4 Å². The molecule has 0 bridgehead atoms. The Bertz CT molecular complexity index is 153. The molecule has 1 fully saturated rings. The average Bonchev–Trinajstić information content (AvgIpc) is 1.96. The Kier molecular flexibility index (Phi) is 2.60. The first-order valence-electron chi connectivity index (χ1n) is 4.12. The quantitative estimate of drug-likeness (QED) is 0.529. The van der Waals surface area contributed by atoms with Crippen molar-refractivity contribution in [2.45, 2.75) is 19.8 Å². The summed E-state index contributed by atoms with van der Waals surface area (Å²) in [5.74, 6) is 0. The van der Waals surface area contributed by atoms with Crippen LogP contribution in [0.25, 0.3) is 0 Å². The molecule has 1 aliphatic rings. The molecule has 0 spiro atoms. The zero-order valence-electron chi connectivity index (χ0n) is 7.14. The van der Waals surface area contributed by atoms with Crippen LogP contribution in [0.1, 0.15) is 19.8 Å². The maximum Gasteiger partial charge on any atom is 0.00171 e. The molecule has 0 aromatic carbocycles. The molecule has 1 aliphatic heterocycles. The normalized spacial score (nSPS) is 36.2. The fourth-order valence-electron chi connectivity index (χ4n) is 1.53. The first-order chi connectivity index (χ1) is 4.69. The van der Waals surface area contributed by atoms with Gasteiger partial charge in [-0.15, -0.1) is 0 Å². The van der Waals surface area contributed by atoms with Gasteiger partial charge >= 0.3 is 0 Å². The molecule has 1 nitrogen and oxygen atoms in total. The predicted molar refractivity (Wildman–Crippen MR) is 51.3 cm³/mol. The van der Waals surface area contributed by atoms with Crippen LogP contribution in [0, 0.1) is 0 Å². The van der Waals surface area contributed by atoms with Crippen molar-refractivity contribution in [3.05, 3.63) is 0 Å². The summed E-state index contributed by atoms with van der Waals surface area (Å²) in [6, 6.07) is 0. The van der Waals surface area contributed by atoms with Crippen LogP contribution in [0.15, 0.2) is 0 Å². The molecule has 0 N–H and O–H groups in total. The van der Waals surface area contributed by atoms with E-state index >= 15 is 0 Å². The van der Waals surface area contributed by atoms with Gasteiger partial charge in [0.05, 0.1) is 0 Å². The SMILES string of the molecule is C=P1(CC)CCCCN1C. The molecule has 0 aromatic heterocycles. The molecule has 60 valence electrons. The van der Waals surface area contributed by atoms with Crippen LogP contribution in [0.2, 0.25) is 0 Å². The Morgan fingerprint density at radius 2 is 2.20 bits per heavy atom.